The zero-order chi connectivity index (χ0) is 12.8. The van der Waals surface area contributed by atoms with Crippen LogP contribution in [0.1, 0.15) is 37.8 Å². The number of nitrogens with zero attached hydrogens (tertiary/aromatic N) is 1. The van der Waals surface area contributed by atoms with Gasteiger partial charge in [0.15, 0.2) is 0 Å². The molecule has 1 aliphatic rings. The van der Waals surface area contributed by atoms with E-state index in [9.17, 15) is 0 Å². The summed E-state index contributed by atoms with van der Waals surface area (Å²) in [5, 5.41) is 3.47. The van der Waals surface area contributed by atoms with Crippen LogP contribution in [0.5, 0.6) is 0 Å². The molecule has 100 valence electrons. The van der Waals surface area contributed by atoms with Crippen LogP contribution >= 0.6 is 0 Å². The Morgan fingerprint density at radius 1 is 1.22 bits per heavy atom. The predicted molar refractivity (Wildman–Crippen MR) is 79.4 cm³/mol. The minimum absolute atomic E-state index is 1.13. The lowest BCUT2D eigenvalue weighted by molar-refractivity contribution is 0.300. The van der Waals surface area contributed by atoms with Crippen LogP contribution in [0, 0.1) is 0 Å². The van der Waals surface area contributed by atoms with Crippen LogP contribution in [-0.2, 0) is 12.8 Å². The van der Waals surface area contributed by atoms with Crippen LogP contribution < -0.4 is 5.32 Å². The van der Waals surface area contributed by atoms with Crippen molar-refractivity contribution in [2.75, 3.05) is 31.5 Å². The van der Waals surface area contributed by atoms with Crippen molar-refractivity contribution in [3.05, 3.63) is 29.3 Å². The standard InChI is InChI=1S/C16H26N2/c1-3-18(4-2)12-6-7-14-9-10-16-15(13-14)8-5-11-17-16/h9-10,13,17H,3-8,11-12H2,1-2H3. The molecule has 1 heterocycles. The van der Waals surface area contributed by atoms with Crippen LogP contribution in [0.3, 0.4) is 0 Å². The Labute approximate surface area is 111 Å². The summed E-state index contributed by atoms with van der Waals surface area (Å²) in [6.07, 6.45) is 5.00. The van der Waals surface area contributed by atoms with E-state index in [0.717, 1.165) is 6.54 Å². The SMILES string of the molecule is CCN(CC)CCCc1ccc2c(c1)CCCN2. The van der Waals surface area contributed by atoms with E-state index >= 15 is 0 Å². The molecule has 0 bridgehead atoms. The molecule has 0 fully saturated rings. The van der Waals surface area contributed by atoms with Crippen molar-refractivity contribution in [3.63, 3.8) is 0 Å². The third kappa shape index (κ3) is 3.49. The number of hydrogen-bond donors (Lipinski definition) is 1. The largest absolute Gasteiger partial charge is 0.385 e. The fourth-order valence-electron chi connectivity index (χ4n) is 2.73. The molecule has 1 aromatic carbocycles. The molecule has 0 atom stereocenters. The van der Waals surface area contributed by atoms with Gasteiger partial charge in [0.1, 0.15) is 0 Å². The Kier molecular flexibility index (Phi) is 5.06. The molecule has 0 saturated heterocycles. The average Bonchev–Trinajstić information content (AvgIpc) is 2.43. The van der Waals surface area contributed by atoms with Gasteiger partial charge in [0, 0.05) is 12.2 Å². The molecule has 0 aliphatic carbocycles. The summed E-state index contributed by atoms with van der Waals surface area (Å²) in [6.45, 7) is 9.19. The number of anilines is 1. The molecule has 0 spiro atoms. The third-order valence-corrected chi connectivity index (χ3v) is 3.94. The van der Waals surface area contributed by atoms with Crippen molar-refractivity contribution in [1.29, 1.82) is 0 Å². The number of benzene rings is 1. The van der Waals surface area contributed by atoms with E-state index in [0.29, 0.717) is 0 Å². The number of hydrogen-bond acceptors (Lipinski definition) is 2. The maximum Gasteiger partial charge on any atom is 0.0372 e. The van der Waals surface area contributed by atoms with Gasteiger partial charge in [0.25, 0.3) is 0 Å². The van der Waals surface area contributed by atoms with Crippen molar-refractivity contribution in [3.8, 4) is 0 Å². The van der Waals surface area contributed by atoms with E-state index in [2.05, 4.69) is 42.3 Å². The fraction of sp³-hybridized carbons (Fsp3) is 0.625. The first kappa shape index (κ1) is 13.4. The molecule has 0 aromatic heterocycles. The van der Waals surface area contributed by atoms with Crippen LogP contribution in [0.25, 0.3) is 0 Å². The van der Waals surface area contributed by atoms with Crippen LogP contribution in [0.2, 0.25) is 0 Å². The second kappa shape index (κ2) is 6.79. The number of rotatable bonds is 6. The van der Waals surface area contributed by atoms with Crippen molar-refractivity contribution in [2.24, 2.45) is 0 Å². The van der Waals surface area contributed by atoms with Gasteiger partial charge >= 0.3 is 0 Å². The second-order valence-corrected chi connectivity index (χ2v) is 5.15. The van der Waals surface area contributed by atoms with Gasteiger partial charge in [-0.15, -0.1) is 0 Å². The van der Waals surface area contributed by atoms with Crippen molar-refractivity contribution in [1.82, 2.24) is 4.90 Å². The molecule has 2 heteroatoms. The minimum Gasteiger partial charge on any atom is -0.385 e. The molecule has 1 aromatic rings. The lowest BCUT2D eigenvalue weighted by atomic mass is 9.99. The molecule has 1 N–H and O–H groups in total. The van der Waals surface area contributed by atoms with Crippen LogP contribution in [0.4, 0.5) is 5.69 Å². The van der Waals surface area contributed by atoms with Gasteiger partial charge < -0.3 is 10.2 Å². The maximum atomic E-state index is 3.47. The highest BCUT2D eigenvalue weighted by atomic mass is 15.1. The molecule has 2 rings (SSSR count). The summed E-state index contributed by atoms with van der Waals surface area (Å²) in [5.74, 6) is 0. The summed E-state index contributed by atoms with van der Waals surface area (Å²) >= 11 is 0. The molecular weight excluding hydrogens is 220 g/mol. The van der Waals surface area contributed by atoms with E-state index in [1.165, 1.54) is 62.1 Å². The van der Waals surface area contributed by atoms with Crippen molar-refractivity contribution >= 4 is 5.69 Å². The molecular formula is C16H26N2. The summed E-state index contributed by atoms with van der Waals surface area (Å²) in [5.41, 5.74) is 4.37. The summed E-state index contributed by atoms with van der Waals surface area (Å²) in [6, 6.07) is 6.96. The molecule has 0 unspecified atom stereocenters. The molecule has 18 heavy (non-hydrogen) atoms. The first-order chi connectivity index (χ1) is 8.83. The van der Waals surface area contributed by atoms with Crippen LogP contribution in [0.15, 0.2) is 18.2 Å². The van der Waals surface area contributed by atoms with Gasteiger partial charge in [-0.1, -0.05) is 26.0 Å². The molecule has 0 amide bonds. The topological polar surface area (TPSA) is 15.3 Å². The highest BCUT2D eigenvalue weighted by Gasteiger charge is 2.08. The first-order valence-corrected chi connectivity index (χ1v) is 7.41. The van der Waals surface area contributed by atoms with E-state index in [-0.39, 0.29) is 0 Å². The smallest absolute Gasteiger partial charge is 0.0372 e. The lowest BCUT2D eigenvalue weighted by Gasteiger charge is -2.20. The quantitative estimate of drug-likeness (QED) is 0.828. The molecule has 0 radical (unpaired) electrons. The molecule has 2 nitrogen and oxygen atoms in total. The number of nitrogens with one attached hydrogen (secondary N) is 1. The van der Waals surface area contributed by atoms with Gasteiger partial charge in [-0.25, -0.2) is 0 Å². The van der Waals surface area contributed by atoms with Crippen molar-refractivity contribution < 1.29 is 0 Å². The fourth-order valence-corrected chi connectivity index (χ4v) is 2.73. The Morgan fingerprint density at radius 2 is 2.06 bits per heavy atom. The first-order valence-electron chi connectivity index (χ1n) is 7.41. The van der Waals surface area contributed by atoms with Gasteiger partial charge in [0.05, 0.1) is 0 Å². The molecule has 1 aliphatic heterocycles. The highest BCUT2D eigenvalue weighted by molar-refractivity contribution is 5.54. The Hall–Kier alpha value is -1.02. The zero-order valence-electron chi connectivity index (χ0n) is 11.8. The Morgan fingerprint density at radius 3 is 2.83 bits per heavy atom. The number of fused-ring (bicyclic) bond motifs is 1. The zero-order valence-corrected chi connectivity index (χ0v) is 11.8. The lowest BCUT2D eigenvalue weighted by Crippen LogP contribution is -2.24. The Bertz CT molecular complexity index is 369. The summed E-state index contributed by atoms with van der Waals surface area (Å²) in [7, 11) is 0. The maximum absolute atomic E-state index is 3.47. The molecule has 0 saturated carbocycles. The van der Waals surface area contributed by atoms with Crippen molar-refractivity contribution in [2.45, 2.75) is 39.5 Å². The normalized spacial score (nSPS) is 14.4. The van der Waals surface area contributed by atoms with Gasteiger partial charge in [-0.3, -0.25) is 0 Å². The predicted octanol–water partition coefficient (Wildman–Crippen LogP) is 3.32. The van der Waals surface area contributed by atoms with E-state index in [1.807, 2.05) is 0 Å². The second-order valence-electron chi connectivity index (χ2n) is 5.15. The van der Waals surface area contributed by atoms with Gasteiger partial charge in [-0.05, 0) is 62.5 Å². The average molecular weight is 246 g/mol. The van der Waals surface area contributed by atoms with E-state index in [1.54, 1.807) is 0 Å². The number of aryl methyl sites for hydroxylation is 2. The van der Waals surface area contributed by atoms with E-state index < -0.39 is 0 Å². The minimum atomic E-state index is 1.13. The highest BCUT2D eigenvalue weighted by Crippen LogP contribution is 2.23. The summed E-state index contributed by atoms with van der Waals surface area (Å²) < 4.78 is 0. The summed E-state index contributed by atoms with van der Waals surface area (Å²) in [4.78, 5) is 2.50. The van der Waals surface area contributed by atoms with Gasteiger partial charge in [0.2, 0.25) is 0 Å². The van der Waals surface area contributed by atoms with Crippen LogP contribution in [-0.4, -0.2) is 31.1 Å². The monoisotopic (exact) mass is 246 g/mol. The Balaban J connectivity index is 1.86. The van der Waals surface area contributed by atoms with Gasteiger partial charge in [-0.2, -0.15) is 0 Å². The third-order valence-electron chi connectivity index (χ3n) is 3.94. The van der Waals surface area contributed by atoms with E-state index in [4.69, 9.17) is 0 Å².